The van der Waals surface area contributed by atoms with E-state index >= 15 is 0 Å². The number of benzene rings is 2. The molecular formula is C25H30N2O6. The highest BCUT2D eigenvalue weighted by Gasteiger charge is 2.33. The van der Waals surface area contributed by atoms with Crippen LogP contribution in [-0.4, -0.2) is 73.4 Å². The van der Waals surface area contributed by atoms with Gasteiger partial charge in [0.15, 0.2) is 11.5 Å². The Morgan fingerprint density at radius 2 is 1.64 bits per heavy atom. The van der Waals surface area contributed by atoms with E-state index < -0.39 is 5.92 Å². The quantitative estimate of drug-likeness (QED) is 0.693. The summed E-state index contributed by atoms with van der Waals surface area (Å²) in [5, 5.41) is 20.1. The van der Waals surface area contributed by atoms with Crippen molar-refractivity contribution in [3.8, 4) is 23.0 Å². The van der Waals surface area contributed by atoms with Crippen molar-refractivity contribution in [1.29, 1.82) is 0 Å². The van der Waals surface area contributed by atoms with Crippen LogP contribution in [0.3, 0.4) is 0 Å². The van der Waals surface area contributed by atoms with E-state index in [-0.39, 0.29) is 23.8 Å². The van der Waals surface area contributed by atoms with Crippen LogP contribution in [-0.2, 0) is 11.3 Å². The Kier molecular flexibility index (Phi) is 6.65. The van der Waals surface area contributed by atoms with Gasteiger partial charge in [-0.1, -0.05) is 6.07 Å². The van der Waals surface area contributed by atoms with E-state index in [1.165, 1.54) is 0 Å². The maximum absolute atomic E-state index is 13.3. The van der Waals surface area contributed by atoms with Crippen LogP contribution in [0.15, 0.2) is 36.1 Å². The molecule has 2 aliphatic rings. The van der Waals surface area contributed by atoms with Crippen molar-refractivity contribution in [2.24, 2.45) is 0 Å². The second-order valence-electron chi connectivity index (χ2n) is 8.34. The molecule has 176 valence electrons. The van der Waals surface area contributed by atoms with Crippen LogP contribution in [0.25, 0.3) is 6.08 Å². The number of ether oxygens (including phenoxy) is 3. The van der Waals surface area contributed by atoms with Gasteiger partial charge in [0.25, 0.3) is 0 Å². The van der Waals surface area contributed by atoms with Gasteiger partial charge in [0.2, 0.25) is 11.7 Å². The van der Waals surface area contributed by atoms with Crippen molar-refractivity contribution in [3.63, 3.8) is 0 Å². The lowest BCUT2D eigenvalue weighted by Gasteiger charge is -2.37. The predicted octanol–water partition coefficient (Wildman–Crippen LogP) is 3.15. The van der Waals surface area contributed by atoms with Crippen molar-refractivity contribution in [2.45, 2.75) is 18.9 Å². The monoisotopic (exact) mass is 454 g/mol. The van der Waals surface area contributed by atoms with Gasteiger partial charge in [-0.2, -0.15) is 0 Å². The van der Waals surface area contributed by atoms with Gasteiger partial charge in [-0.05, 0) is 47.0 Å². The molecule has 2 N–H and O–H groups in total. The van der Waals surface area contributed by atoms with Gasteiger partial charge in [0.1, 0.15) is 5.75 Å². The third kappa shape index (κ3) is 4.71. The van der Waals surface area contributed by atoms with Crippen LogP contribution in [0.2, 0.25) is 0 Å². The summed E-state index contributed by atoms with van der Waals surface area (Å²) in [6, 6.07) is 8.81. The number of fused-ring (bicyclic) bond motifs is 1. The molecule has 2 aromatic rings. The van der Waals surface area contributed by atoms with E-state index in [9.17, 15) is 15.0 Å². The zero-order valence-electron chi connectivity index (χ0n) is 19.2. The second kappa shape index (κ2) is 9.62. The Morgan fingerprint density at radius 3 is 2.24 bits per heavy atom. The standard InChI is InChI=1S/C25H30N2O6/c1-31-22-10-16(11-23(32-2)24(22)33-3)15-26-6-8-27(9-7-26)25(30)21-14-19(29)12-17-4-5-18(28)13-20(17)21/h4-5,10-13,21,28-29H,6-9,14-15H2,1-3H3. The molecule has 0 aromatic heterocycles. The molecule has 8 nitrogen and oxygen atoms in total. The number of phenols is 1. The molecule has 0 radical (unpaired) electrons. The van der Waals surface area contributed by atoms with Crippen molar-refractivity contribution in [1.82, 2.24) is 9.80 Å². The number of carbonyl (C=O) groups is 1. The Balaban J connectivity index is 1.42. The number of hydrogen-bond donors (Lipinski definition) is 2. The van der Waals surface area contributed by atoms with Gasteiger partial charge in [-0.25, -0.2) is 0 Å². The van der Waals surface area contributed by atoms with E-state index in [1.807, 2.05) is 17.0 Å². The second-order valence-corrected chi connectivity index (χ2v) is 8.34. The summed E-state index contributed by atoms with van der Waals surface area (Å²) in [5.74, 6) is 1.60. The van der Waals surface area contributed by atoms with E-state index in [2.05, 4.69) is 4.90 Å². The van der Waals surface area contributed by atoms with Gasteiger partial charge in [-0.3, -0.25) is 9.69 Å². The zero-order chi connectivity index (χ0) is 23.5. The van der Waals surface area contributed by atoms with Crippen molar-refractivity contribution in [3.05, 3.63) is 52.8 Å². The molecule has 1 aliphatic carbocycles. The number of allylic oxidation sites excluding steroid dienone is 1. The SMILES string of the molecule is COc1cc(CN2CCN(C(=O)C3CC(O)=Cc4ccc(O)cc43)CC2)cc(OC)c1OC. The zero-order valence-corrected chi connectivity index (χ0v) is 19.2. The molecule has 8 heteroatoms. The van der Waals surface area contributed by atoms with Gasteiger partial charge >= 0.3 is 0 Å². The van der Waals surface area contributed by atoms with Gasteiger partial charge in [0, 0.05) is 39.1 Å². The minimum Gasteiger partial charge on any atom is -0.512 e. The van der Waals surface area contributed by atoms with Crippen LogP contribution in [0, 0.1) is 0 Å². The topological polar surface area (TPSA) is 91.7 Å². The van der Waals surface area contributed by atoms with Crippen LogP contribution < -0.4 is 14.2 Å². The fourth-order valence-corrected chi connectivity index (χ4v) is 4.60. The van der Waals surface area contributed by atoms with E-state index in [1.54, 1.807) is 45.6 Å². The normalized spacial score (nSPS) is 18.3. The van der Waals surface area contributed by atoms with Gasteiger partial charge in [0.05, 0.1) is 33.0 Å². The molecule has 1 fully saturated rings. The lowest BCUT2D eigenvalue weighted by molar-refractivity contribution is -0.134. The van der Waals surface area contributed by atoms with E-state index in [4.69, 9.17) is 14.2 Å². The molecule has 0 saturated carbocycles. The molecule has 33 heavy (non-hydrogen) atoms. The Labute approximate surface area is 193 Å². The maximum Gasteiger partial charge on any atom is 0.230 e. The van der Waals surface area contributed by atoms with Gasteiger partial charge in [-0.15, -0.1) is 0 Å². The fraction of sp³-hybridized carbons (Fsp3) is 0.400. The fourth-order valence-electron chi connectivity index (χ4n) is 4.60. The summed E-state index contributed by atoms with van der Waals surface area (Å²) in [5.41, 5.74) is 2.57. The van der Waals surface area contributed by atoms with Gasteiger partial charge < -0.3 is 29.3 Å². The molecule has 0 spiro atoms. The third-order valence-electron chi connectivity index (χ3n) is 6.29. The molecule has 2 aromatic carbocycles. The largest absolute Gasteiger partial charge is 0.512 e. The van der Waals surface area contributed by atoms with Crippen LogP contribution in [0.5, 0.6) is 23.0 Å². The van der Waals surface area contributed by atoms with Crippen LogP contribution in [0.4, 0.5) is 0 Å². The van der Waals surface area contributed by atoms with Crippen molar-refractivity contribution in [2.75, 3.05) is 47.5 Å². The molecule has 1 heterocycles. The summed E-state index contributed by atoms with van der Waals surface area (Å²) < 4.78 is 16.3. The molecule has 1 atom stereocenters. The molecule has 1 unspecified atom stereocenters. The molecule has 0 bridgehead atoms. The minimum absolute atomic E-state index is 0.0195. The summed E-state index contributed by atoms with van der Waals surface area (Å²) in [4.78, 5) is 17.4. The third-order valence-corrected chi connectivity index (χ3v) is 6.29. The van der Waals surface area contributed by atoms with Crippen LogP contribution >= 0.6 is 0 Å². The minimum atomic E-state index is -0.487. The molecule has 1 amide bonds. The average molecular weight is 455 g/mol. The highest BCUT2D eigenvalue weighted by atomic mass is 16.5. The Bertz CT molecular complexity index is 1030. The summed E-state index contributed by atoms with van der Waals surface area (Å²) >= 11 is 0. The number of phenolic OH excluding ortho intramolecular Hbond substituents is 1. The number of hydrogen-bond acceptors (Lipinski definition) is 7. The van der Waals surface area contributed by atoms with Crippen molar-refractivity contribution < 1.29 is 29.2 Å². The lowest BCUT2D eigenvalue weighted by Crippen LogP contribution is -2.49. The maximum atomic E-state index is 13.3. The number of amides is 1. The summed E-state index contributed by atoms with van der Waals surface area (Å²) in [6.07, 6.45) is 1.91. The van der Waals surface area contributed by atoms with E-state index in [0.29, 0.717) is 36.9 Å². The Hall–Kier alpha value is -3.39. The number of aliphatic hydroxyl groups is 1. The molecular weight excluding hydrogens is 424 g/mol. The number of carbonyl (C=O) groups excluding carboxylic acids is 1. The molecule has 1 saturated heterocycles. The first-order valence-corrected chi connectivity index (χ1v) is 11.0. The number of rotatable bonds is 6. The number of methoxy groups -OCH3 is 3. The number of aliphatic hydroxyl groups excluding tert-OH is 1. The van der Waals surface area contributed by atoms with E-state index in [0.717, 1.165) is 29.8 Å². The predicted molar refractivity (Wildman–Crippen MR) is 124 cm³/mol. The molecule has 4 rings (SSSR count). The van der Waals surface area contributed by atoms with Crippen molar-refractivity contribution >= 4 is 12.0 Å². The lowest BCUT2D eigenvalue weighted by atomic mass is 9.85. The van der Waals surface area contributed by atoms with Crippen LogP contribution in [0.1, 0.15) is 29.0 Å². The smallest absolute Gasteiger partial charge is 0.230 e. The first-order valence-electron chi connectivity index (χ1n) is 11.0. The number of nitrogens with zero attached hydrogens (tertiary/aromatic N) is 2. The Morgan fingerprint density at radius 1 is 0.970 bits per heavy atom. The first kappa shape index (κ1) is 22.8. The summed E-state index contributed by atoms with van der Waals surface area (Å²) in [7, 11) is 4.78. The highest BCUT2D eigenvalue weighted by molar-refractivity contribution is 5.87. The summed E-state index contributed by atoms with van der Waals surface area (Å²) in [6.45, 7) is 3.34. The highest BCUT2D eigenvalue weighted by Crippen LogP contribution is 2.39. The molecule has 1 aliphatic heterocycles. The average Bonchev–Trinajstić information content (AvgIpc) is 2.83. The first-order chi connectivity index (χ1) is 15.9. The number of piperazine rings is 1. The number of aromatic hydroxyl groups is 1.